The first-order valence-electron chi connectivity index (χ1n) is 10.8. The van der Waals surface area contributed by atoms with E-state index in [1.807, 2.05) is 0 Å². The zero-order valence-electron chi connectivity index (χ0n) is 18.3. The minimum Gasteiger partial charge on any atom is -0.463 e. The maximum absolute atomic E-state index is 11.9. The number of carbonyl (C=O) groups excluding carboxylic acids is 4. The van der Waals surface area contributed by atoms with Crippen LogP contribution in [0.4, 0.5) is 0 Å². The summed E-state index contributed by atoms with van der Waals surface area (Å²) in [7, 11) is 0. The average Bonchev–Trinajstić information content (AvgIpc) is 2.68. The number of unbranched alkanes of at least 4 members (excludes halogenated alkanes) is 8. The van der Waals surface area contributed by atoms with Crippen molar-refractivity contribution in [3.05, 3.63) is 0 Å². The van der Waals surface area contributed by atoms with Crippen molar-refractivity contribution in [3.63, 3.8) is 0 Å². The molecule has 0 fully saturated rings. The molecule has 9 heteroatoms. The molecule has 0 aliphatic heterocycles. The van der Waals surface area contributed by atoms with Crippen molar-refractivity contribution in [3.8, 4) is 0 Å². The molecule has 0 spiro atoms. The molecule has 0 saturated carbocycles. The highest BCUT2D eigenvalue weighted by Gasteiger charge is 2.24. The van der Waals surface area contributed by atoms with E-state index in [-0.39, 0.29) is 13.0 Å². The average molecular weight is 431 g/mol. The van der Waals surface area contributed by atoms with E-state index in [2.05, 4.69) is 12.2 Å². The summed E-state index contributed by atoms with van der Waals surface area (Å²) < 4.78 is 9.83. The molecular weight excluding hydrogens is 392 g/mol. The lowest BCUT2D eigenvalue weighted by molar-refractivity contribution is -0.155. The van der Waals surface area contributed by atoms with Crippen molar-refractivity contribution in [1.29, 1.82) is 0 Å². The van der Waals surface area contributed by atoms with Gasteiger partial charge in [-0.25, -0.2) is 4.79 Å². The van der Waals surface area contributed by atoms with E-state index in [0.29, 0.717) is 0 Å². The lowest BCUT2D eigenvalue weighted by Crippen LogP contribution is -2.44. The van der Waals surface area contributed by atoms with Gasteiger partial charge in [0.1, 0.15) is 25.4 Å². The number of nitrogens with two attached hydrogens (primary N) is 1. The Morgan fingerprint density at radius 1 is 0.900 bits per heavy atom. The molecule has 0 aromatic heterocycles. The number of aliphatic hydroxyl groups is 1. The Balaban J connectivity index is 3.87. The number of carbonyl (C=O) groups is 4. The molecule has 0 aliphatic rings. The molecule has 0 heterocycles. The van der Waals surface area contributed by atoms with Crippen LogP contribution in [0.2, 0.25) is 0 Å². The van der Waals surface area contributed by atoms with E-state index >= 15 is 0 Å². The lowest BCUT2D eigenvalue weighted by atomic mass is 10.1. The monoisotopic (exact) mass is 430 g/mol. The highest BCUT2D eigenvalue weighted by atomic mass is 16.6. The molecule has 0 aromatic carbocycles. The molecule has 9 nitrogen and oxygen atoms in total. The van der Waals surface area contributed by atoms with Crippen molar-refractivity contribution >= 4 is 23.8 Å². The number of primary amides is 1. The van der Waals surface area contributed by atoms with Gasteiger partial charge in [-0.3, -0.25) is 14.4 Å². The standard InChI is InChI=1S/C21H38N2O7/c1-3-4-5-6-7-8-9-10-11-12-20(27)29-14-17(25)15-30-21(28)18(13-19(22)26)23-16(2)24/h17-18,25H,3-15H2,1-2H3,(H2,22,26)(H,23,24)/t17-,18-/m0/s1. The van der Waals surface area contributed by atoms with Crippen LogP contribution in [0.3, 0.4) is 0 Å². The quantitative estimate of drug-likeness (QED) is 0.222. The molecule has 30 heavy (non-hydrogen) atoms. The van der Waals surface area contributed by atoms with Crippen LogP contribution in [0, 0.1) is 0 Å². The topological polar surface area (TPSA) is 145 Å². The van der Waals surface area contributed by atoms with Crippen molar-refractivity contribution < 1.29 is 33.8 Å². The number of esters is 2. The molecule has 0 bridgehead atoms. The Labute approximate surface area is 179 Å². The Bertz CT molecular complexity index is 509. The third-order valence-corrected chi connectivity index (χ3v) is 4.41. The van der Waals surface area contributed by atoms with Gasteiger partial charge in [0.2, 0.25) is 11.8 Å². The first-order valence-corrected chi connectivity index (χ1v) is 10.8. The summed E-state index contributed by atoms with van der Waals surface area (Å²) in [4.78, 5) is 45.6. The smallest absolute Gasteiger partial charge is 0.329 e. The maximum Gasteiger partial charge on any atom is 0.329 e. The summed E-state index contributed by atoms with van der Waals surface area (Å²) in [6.07, 6.45) is 8.98. The molecule has 0 saturated heterocycles. The van der Waals surface area contributed by atoms with E-state index in [1.54, 1.807) is 0 Å². The largest absolute Gasteiger partial charge is 0.463 e. The number of rotatable bonds is 18. The fourth-order valence-corrected chi connectivity index (χ4v) is 2.81. The molecule has 4 N–H and O–H groups in total. The van der Waals surface area contributed by atoms with E-state index in [4.69, 9.17) is 15.2 Å². The summed E-state index contributed by atoms with van der Waals surface area (Å²) in [6.45, 7) is 2.65. The van der Waals surface area contributed by atoms with Gasteiger partial charge in [0.25, 0.3) is 0 Å². The van der Waals surface area contributed by atoms with Crippen LogP contribution in [-0.2, 0) is 28.7 Å². The minimum absolute atomic E-state index is 0.283. The zero-order valence-corrected chi connectivity index (χ0v) is 18.3. The number of hydrogen-bond donors (Lipinski definition) is 3. The Morgan fingerprint density at radius 2 is 1.43 bits per heavy atom. The molecule has 174 valence electrons. The molecule has 0 radical (unpaired) electrons. The summed E-state index contributed by atoms with van der Waals surface area (Å²) >= 11 is 0. The van der Waals surface area contributed by atoms with Crippen molar-refractivity contribution in [2.24, 2.45) is 5.73 Å². The van der Waals surface area contributed by atoms with Crippen LogP contribution in [-0.4, -0.2) is 54.2 Å². The molecule has 0 aliphatic carbocycles. The van der Waals surface area contributed by atoms with Crippen LogP contribution in [0.15, 0.2) is 0 Å². The number of hydrogen-bond acceptors (Lipinski definition) is 7. The van der Waals surface area contributed by atoms with Crippen LogP contribution in [0.1, 0.15) is 84.5 Å². The first-order chi connectivity index (χ1) is 14.3. The third kappa shape index (κ3) is 16.8. The first kappa shape index (κ1) is 27.8. The predicted octanol–water partition coefficient (Wildman–Crippen LogP) is 1.73. The number of amides is 2. The molecule has 0 aromatic rings. The van der Waals surface area contributed by atoms with E-state index in [9.17, 15) is 24.3 Å². The van der Waals surface area contributed by atoms with Crippen LogP contribution >= 0.6 is 0 Å². The summed E-state index contributed by atoms with van der Waals surface area (Å²) in [5.74, 6) is -2.61. The second-order valence-corrected chi connectivity index (χ2v) is 7.47. The minimum atomic E-state index is -1.22. The fourth-order valence-electron chi connectivity index (χ4n) is 2.81. The third-order valence-electron chi connectivity index (χ3n) is 4.41. The van der Waals surface area contributed by atoms with Gasteiger partial charge in [-0.2, -0.15) is 0 Å². The van der Waals surface area contributed by atoms with Crippen molar-refractivity contribution in [1.82, 2.24) is 5.32 Å². The van der Waals surface area contributed by atoms with Crippen LogP contribution < -0.4 is 11.1 Å². The SMILES string of the molecule is CCCCCCCCCCCC(=O)OC[C@H](O)COC(=O)[C@H](CC(N)=O)NC(C)=O. The Morgan fingerprint density at radius 3 is 1.97 bits per heavy atom. The van der Waals surface area contributed by atoms with Crippen molar-refractivity contribution in [2.75, 3.05) is 13.2 Å². The Hall–Kier alpha value is -2.16. The van der Waals surface area contributed by atoms with Gasteiger partial charge in [-0.05, 0) is 6.42 Å². The molecule has 0 rings (SSSR count). The van der Waals surface area contributed by atoms with Gasteiger partial charge in [-0.1, -0.05) is 58.3 Å². The number of ether oxygens (including phenoxy) is 2. The summed E-state index contributed by atoms with van der Waals surface area (Å²) in [5.41, 5.74) is 5.03. The van der Waals surface area contributed by atoms with Crippen molar-refractivity contribution in [2.45, 2.75) is 96.6 Å². The highest BCUT2D eigenvalue weighted by molar-refractivity contribution is 5.88. The Kier molecular flexibility index (Phi) is 16.4. The van der Waals surface area contributed by atoms with Crippen LogP contribution in [0.25, 0.3) is 0 Å². The maximum atomic E-state index is 11.9. The van der Waals surface area contributed by atoms with Gasteiger partial charge in [0.05, 0.1) is 6.42 Å². The van der Waals surface area contributed by atoms with Gasteiger partial charge in [-0.15, -0.1) is 0 Å². The predicted molar refractivity (Wildman–Crippen MR) is 111 cm³/mol. The molecule has 0 unspecified atom stereocenters. The molecular formula is C21H38N2O7. The number of nitrogens with one attached hydrogen (secondary N) is 1. The van der Waals surface area contributed by atoms with E-state index < -0.39 is 48.9 Å². The van der Waals surface area contributed by atoms with Gasteiger partial charge in [0.15, 0.2) is 0 Å². The zero-order chi connectivity index (χ0) is 22.8. The van der Waals surface area contributed by atoms with Gasteiger partial charge in [0, 0.05) is 13.3 Å². The van der Waals surface area contributed by atoms with Gasteiger partial charge >= 0.3 is 11.9 Å². The number of aliphatic hydroxyl groups excluding tert-OH is 1. The lowest BCUT2D eigenvalue weighted by Gasteiger charge is -2.17. The molecule has 2 atom stereocenters. The normalized spacial score (nSPS) is 12.6. The van der Waals surface area contributed by atoms with E-state index in [1.165, 1.54) is 45.4 Å². The summed E-state index contributed by atoms with van der Waals surface area (Å²) in [5, 5.41) is 12.0. The fraction of sp³-hybridized carbons (Fsp3) is 0.810. The second-order valence-electron chi connectivity index (χ2n) is 7.47. The second kappa shape index (κ2) is 17.7. The molecule has 2 amide bonds. The van der Waals surface area contributed by atoms with Gasteiger partial charge < -0.3 is 25.6 Å². The van der Waals surface area contributed by atoms with E-state index in [0.717, 1.165) is 19.3 Å². The highest BCUT2D eigenvalue weighted by Crippen LogP contribution is 2.10. The van der Waals surface area contributed by atoms with Crippen LogP contribution in [0.5, 0.6) is 0 Å². The summed E-state index contributed by atoms with van der Waals surface area (Å²) in [6, 6.07) is -1.22.